The van der Waals surface area contributed by atoms with Crippen LogP contribution in [0.4, 0.5) is 10.6 Å². The third-order valence-corrected chi connectivity index (χ3v) is 8.16. The zero-order valence-corrected chi connectivity index (χ0v) is 22.3. The van der Waals surface area contributed by atoms with Gasteiger partial charge in [0.15, 0.2) is 29.5 Å². The highest BCUT2D eigenvalue weighted by molar-refractivity contribution is 5.95. The molecule has 0 bridgehead atoms. The maximum atomic E-state index is 12.1. The van der Waals surface area contributed by atoms with Gasteiger partial charge in [0.1, 0.15) is 18.5 Å². The number of aliphatic carboxylic acids is 1. The molecule has 3 aliphatic rings. The lowest BCUT2D eigenvalue weighted by molar-refractivity contribution is -0.148. The first-order valence-electron chi connectivity index (χ1n) is 14.0. The van der Waals surface area contributed by atoms with Crippen molar-refractivity contribution in [2.75, 3.05) is 11.9 Å². The van der Waals surface area contributed by atoms with E-state index in [9.17, 15) is 14.7 Å². The van der Waals surface area contributed by atoms with Crippen LogP contribution in [0.2, 0.25) is 0 Å². The number of ether oxygens (including phenoxy) is 3. The second-order valence-electron chi connectivity index (χ2n) is 10.6. The Labute approximate surface area is 231 Å². The van der Waals surface area contributed by atoms with Crippen molar-refractivity contribution < 1.29 is 28.9 Å². The number of urea groups is 1. The molecule has 40 heavy (non-hydrogen) atoms. The number of nitrogens with one attached hydrogen (secondary N) is 2. The number of imidazole rings is 1. The molecule has 1 aliphatic carbocycles. The number of carboxylic acid groups (broad SMARTS) is 1. The van der Waals surface area contributed by atoms with E-state index in [-0.39, 0.29) is 30.1 Å². The third-order valence-electron chi connectivity index (χ3n) is 8.16. The molecule has 4 heterocycles. The number of carbonyl (C=O) groups excluding carboxylic acids is 1. The number of fused-ring (bicyclic) bond motifs is 2. The molecule has 6 unspecified atom stereocenters. The molecule has 0 spiro atoms. The molecular weight excluding hydrogens is 516 g/mol. The van der Waals surface area contributed by atoms with Crippen molar-refractivity contribution in [3.05, 3.63) is 48.5 Å². The van der Waals surface area contributed by atoms with Crippen molar-refractivity contribution in [1.29, 1.82) is 0 Å². The average molecular weight is 551 g/mol. The van der Waals surface area contributed by atoms with E-state index in [2.05, 4.69) is 25.6 Å². The van der Waals surface area contributed by atoms with Gasteiger partial charge in [-0.25, -0.2) is 19.7 Å². The first kappa shape index (κ1) is 26.6. The summed E-state index contributed by atoms with van der Waals surface area (Å²) in [5, 5.41) is 15.0. The van der Waals surface area contributed by atoms with E-state index in [1.54, 1.807) is 6.33 Å². The number of amides is 2. The number of aromatic nitrogens is 4. The van der Waals surface area contributed by atoms with E-state index in [0.29, 0.717) is 23.5 Å². The van der Waals surface area contributed by atoms with Crippen molar-refractivity contribution in [3.8, 4) is 0 Å². The van der Waals surface area contributed by atoms with Crippen LogP contribution in [0.25, 0.3) is 11.2 Å². The molecule has 3 aromatic rings. The Morgan fingerprint density at radius 3 is 2.67 bits per heavy atom. The highest BCUT2D eigenvalue weighted by atomic mass is 16.8. The Balaban J connectivity index is 1.23. The summed E-state index contributed by atoms with van der Waals surface area (Å²) >= 11 is 0. The Morgan fingerprint density at radius 2 is 1.88 bits per heavy atom. The van der Waals surface area contributed by atoms with Gasteiger partial charge in [0.25, 0.3) is 0 Å². The molecule has 212 valence electrons. The van der Waals surface area contributed by atoms with Gasteiger partial charge in [-0.1, -0.05) is 43.2 Å². The van der Waals surface area contributed by atoms with Crippen LogP contribution in [0.5, 0.6) is 0 Å². The number of anilines is 1. The Morgan fingerprint density at radius 1 is 1.05 bits per heavy atom. The van der Waals surface area contributed by atoms with Gasteiger partial charge in [0, 0.05) is 12.1 Å². The van der Waals surface area contributed by atoms with Gasteiger partial charge in [-0.05, 0) is 38.5 Å². The van der Waals surface area contributed by atoms with E-state index in [0.717, 1.165) is 44.1 Å². The Bertz CT molecular complexity index is 1350. The molecule has 2 aromatic heterocycles. The van der Waals surface area contributed by atoms with E-state index < -0.39 is 24.6 Å². The maximum absolute atomic E-state index is 12.1. The normalized spacial score (nSPS) is 29.5. The van der Waals surface area contributed by atoms with Crippen LogP contribution in [0.15, 0.2) is 43.0 Å². The second kappa shape index (κ2) is 11.5. The molecule has 2 amide bonds. The summed E-state index contributed by atoms with van der Waals surface area (Å²) in [5.74, 6) is -0.435. The number of carboxylic acids is 1. The summed E-state index contributed by atoms with van der Waals surface area (Å²) in [6.45, 7) is 2.31. The summed E-state index contributed by atoms with van der Waals surface area (Å²) in [6, 6.07) is 9.42. The predicted octanol–water partition coefficient (Wildman–Crippen LogP) is 4.02. The third kappa shape index (κ3) is 5.14. The lowest BCUT2D eigenvalue weighted by Gasteiger charge is -2.22. The van der Waals surface area contributed by atoms with Crippen LogP contribution in [0.3, 0.4) is 0 Å². The number of carbonyl (C=O) groups is 2. The smallest absolute Gasteiger partial charge is 0.320 e. The van der Waals surface area contributed by atoms with Gasteiger partial charge in [-0.15, -0.1) is 0 Å². The van der Waals surface area contributed by atoms with Crippen molar-refractivity contribution in [3.63, 3.8) is 0 Å². The van der Waals surface area contributed by atoms with Crippen LogP contribution in [-0.2, 0) is 19.0 Å². The van der Waals surface area contributed by atoms with E-state index in [4.69, 9.17) is 14.2 Å². The molecule has 2 saturated heterocycles. The second-order valence-corrected chi connectivity index (χ2v) is 10.6. The van der Waals surface area contributed by atoms with Gasteiger partial charge < -0.3 is 24.6 Å². The van der Waals surface area contributed by atoms with Crippen molar-refractivity contribution in [1.82, 2.24) is 24.8 Å². The Hall–Kier alpha value is -3.61. The van der Waals surface area contributed by atoms with Crippen LogP contribution >= 0.6 is 0 Å². The van der Waals surface area contributed by atoms with Gasteiger partial charge in [0.2, 0.25) is 0 Å². The van der Waals surface area contributed by atoms with Gasteiger partial charge in [-0.3, -0.25) is 14.7 Å². The number of hydrogen-bond donors (Lipinski definition) is 3. The zero-order chi connectivity index (χ0) is 27.6. The van der Waals surface area contributed by atoms with Crippen molar-refractivity contribution in [2.45, 2.75) is 76.3 Å². The minimum Gasteiger partial charge on any atom is -0.481 e. The zero-order valence-electron chi connectivity index (χ0n) is 22.3. The average Bonchev–Trinajstić information content (AvgIpc) is 3.74. The molecule has 12 heteroatoms. The summed E-state index contributed by atoms with van der Waals surface area (Å²) in [4.78, 5) is 36.9. The van der Waals surface area contributed by atoms with Crippen molar-refractivity contribution in [2.24, 2.45) is 11.8 Å². The SMILES string of the molecule is CCNC(=O)Nc1ncnc2c1ncn2C1OC(CCCC2CCCC2C(=O)O)C2O[C@H](c3ccccc3)OC21. The standard InChI is InChI=1S/C28H34N6O6/c1-2-29-28(37)33-23-20-24(31-14-30-23)34(15-32-20)25-22-21(39-27(40-22)17-8-4-3-5-9-17)19(38-25)13-7-11-16-10-6-12-18(16)26(35)36/h3-5,8-9,14-16,18-19,21-22,25,27H,2,6-7,10-13H2,1H3,(H,35,36)(H2,29,30,31,33,37)/t16?,18?,19?,21?,22?,25?,27-/m0/s1. The highest BCUT2D eigenvalue weighted by Crippen LogP contribution is 2.46. The van der Waals surface area contributed by atoms with Gasteiger partial charge in [-0.2, -0.15) is 0 Å². The van der Waals surface area contributed by atoms with Crippen LogP contribution in [0, 0.1) is 11.8 Å². The number of benzene rings is 1. The molecule has 0 radical (unpaired) electrons. The lowest BCUT2D eigenvalue weighted by atomic mass is 9.90. The number of nitrogens with zero attached hydrogens (tertiary/aromatic N) is 4. The lowest BCUT2D eigenvalue weighted by Crippen LogP contribution is -2.29. The van der Waals surface area contributed by atoms with Gasteiger partial charge >= 0.3 is 12.0 Å². The number of rotatable bonds is 9. The Kier molecular flexibility index (Phi) is 7.63. The molecule has 12 nitrogen and oxygen atoms in total. The van der Waals surface area contributed by atoms with E-state index in [1.807, 2.05) is 41.8 Å². The van der Waals surface area contributed by atoms with Crippen molar-refractivity contribution >= 4 is 29.0 Å². The summed E-state index contributed by atoms with van der Waals surface area (Å²) in [6.07, 6.45) is 6.02. The summed E-state index contributed by atoms with van der Waals surface area (Å²) in [5.41, 5.74) is 1.88. The van der Waals surface area contributed by atoms with Gasteiger partial charge in [0.05, 0.1) is 18.3 Å². The molecule has 1 aromatic carbocycles. The number of hydrogen-bond acceptors (Lipinski definition) is 8. The quantitative estimate of drug-likeness (QED) is 0.359. The fourth-order valence-corrected chi connectivity index (χ4v) is 6.29. The maximum Gasteiger partial charge on any atom is 0.320 e. The molecular formula is C28H34N6O6. The monoisotopic (exact) mass is 550 g/mol. The fraction of sp³-hybridized carbons (Fsp3) is 0.536. The highest BCUT2D eigenvalue weighted by Gasteiger charge is 2.53. The van der Waals surface area contributed by atoms with E-state index >= 15 is 0 Å². The minimum atomic E-state index is -0.687. The van der Waals surface area contributed by atoms with Crippen LogP contribution < -0.4 is 10.6 Å². The predicted molar refractivity (Wildman–Crippen MR) is 143 cm³/mol. The molecule has 7 atom stereocenters. The molecule has 3 N–H and O–H groups in total. The van der Waals surface area contributed by atoms with E-state index in [1.165, 1.54) is 6.33 Å². The topological polar surface area (TPSA) is 150 Å². The molecule has 3 fully saturated rings. The first-order chi connectivity index (χ1) is 19.5. The molecule has 6 rings (SSSR count). The summed E-state index contributed by atoms with van der Waals surface area (Å²) in [7, 11) is 0. The fourth-order valence-electron chi connectivity index (χ4n) is 6.29. The van der Waals surface area contributed by atoms with Crippen LogP contribution in [-0.4, -0.2) is 61.5 Å². The molecule has 1 saturated carbocycles. The first-order valence-corrected chi connectivity index (χ1v) is 14.0. The molecule has 2 aliphatic heterocycles. The van der Waals surface area contributed by atoms with Crippen LogP contribution in [0.1, 0.15) is 63.5 Å². The summed E-state index contributed by atoms with van der Waals surface area (Å²) < 4.78 is 21.3. The largest absolute Gasteiger partial charge is 0.481 e. The minimum absolute atomic E-state index is 0.202.